The molecule has 0 saturated carbocycles. The molecule has 0 fully saturated rings. The van der Waals surface area contributed by atoms with Crippen LogP contribution >= 0.6 is 0 Å². The van der Waals surface area contributed by atoms with E-state index in [0.717, 1.165) is 0 Å². The van der Waals surface area contributed by atoms with Gasteiger partial charge in [0.2, 0.25) is 0 Å². The average Bonchev–Trinajstić information content (AvgIpc) is 2.14. The normalized spacial score (nSPS) is 15.7. The SMILES string of the molecule is COCCO[C@@H](C)[C@@H](COC)OC. The molecule has 0 unspecified atom stereocenters. The molecule has 0 aliphatic rings. The molecule has 0 aromatic rings. The Morgan fingerprint density at radius 1 is 1.00 bits per heavy atom. The summed E-state index contributed by atoms with van der Waals surface area (Å²) in [7, 11) is 4.95. The zero-order valence-electron chi connectivity index (χ0n) is 8.91. The predicted molar refractivity (Wildman–Crippen MR) is 50.0 cm³/mol. The molecule has 0 aliphatic heterocycles. The Hall–Kier alpha value is -0.160. The summed E-state index contributed by atoms with van der Waals surface area (Å²) in [5.41, 5.74) is 0. The molecular formula is C9H20O4. The van der Waals surface area contributed by atoms with Gasteiger partial charge in [0.25, 0.3) is 0 Å². The number of ether oxygens (including phenoxy) is 4. The van der Waals surface area contributed by atoms with Gasteiger partial charge in [0.05, 0.1) is 25.9 Å². The Labute approximate surface area is 80.1 Å². The van der Waals surface area contributed by atoms with E-state index < -0.39 is 0 Å². The topological polar surface area (TPSA) is 36.9 Å². The van der Waals surface area contributed by atoms with Gasteiger partial charge >= 0.3 is 0 Å². The Morgan fingerprint density at radius 2 is 1.69 bits per heavy atom. The number of rotatable bonds is 8. The van der Waals surface area contributed by atoms with E-state index in [0.29, 0.717) is 19.8 Å². The highest BCUT2D eigenvalue weighted by atomic mass is 16.6. The van der Waals surface area contributed by atoms with E-state index >= 15 is 0 Å². The molecule has 2 atom stereocenters. The van der Waals surface area contributed by atoms with Crippen LogP contribution in [-0.4, -0.2) is 53.4 Å². The smallest absolute Gasteiger partial charge is 0.106 e. The fourth-order valence-corrected chi connectivity index (χ4v) is 0.984. The molecule has 0 spiro atoms. The lowest BCUT2D eigenvalue weighted by molar-refractivity contribution is -0.0825. The highest BCUT2D eigenvalue weighted by molar-refractivity contribution is 4.64. The molecule has 0 aromatic carbocycles. The minimum atomic E-state index is -0.0122. The van der Waals surface area contributed by atoms with Crippen LogP contribution in [-0.2, 0) is 18.9 Å². The van der Waals surface area contributed by atoms with E-state index in [2.05, 4.69) is 0 Å². The van der Waals surface area contributed by atoms with E-state index in [1.165, 1.54) is 0 Å². The molecule has 0 aliphatic carbocycles. The van der Waals surface area contributed by atoms with Gasteiger partial charge in [-0.05, 0) is 6.92 Å². The van der Waals surface area contributed by atoms with Gasteiger partial charge in [0.15, 0.2) is 0 Å². The maximum Gasteiger partial charge on any atom is 0.106 e. The molecule has 0 N–H and O–H groups in total. The van der Waals surface area contributed by atoms with Crippen molar-refractivity contribution < 1.29 is 18.9 Å². The third-order valence-corrected chi connectivity index (χ3v) is 1.83. The van der Waals surface area contributed by atoms with Crippen LogP contribution in [0.15, 0.2) is 0 Å². The molecule has 0 saturated heterocycles. The van der Waals surface area contributed by atoms with Crippen LogP contribution in [0.1, 0.15) is 6.92 Å². The van der Waals surface area contributed by atoms with Crippen molar-refractivity contribution in [3.63, 3.8) is 0 Å². The Morgan fingerprint density at radius 3 is 2.15 bits per heavy atom. The van der Waals surface area contributed by atoms with E-state index in [4.69, 9.17) is 18.9 Å². The second-order valence-corrected chi connectivity index (χ2v) is 2.80. The zero-order chi connectivity index (χ0) is 10.1. The van der Waals surface area contributed by atoms with Crippen molar-refractivity contribution in [2.24, 2.45) is 0 Å². The lowest BCUT2D eigenvalue weighted by Gasteiger charge is -2.21. The monoisotopic (exact) mass is 192 g/mol. The fraction of sp³-hybridized carbons (Fsp3) is 1.00. The van der Waals surface area contributed by atoms with E-state index in [1.807, 2.05) is 6.92 Å². The number of hydrogen-bond donors (Lipinski definition) is 0. The standard InChI is InChI=1S/C9H20O4/c1-8(13-6-5-10-2)9(12-4)7-11-3/h8-9H,5-7H2,1-4H3/t8-,9+/m0/s1. The molecule has 0 amide bonds. The molecule has 0 aromatic heterocycles. The third-order valence-electron chi connectivity index (χ3n) is 1.83. The zero-order valence-corrected chi connectivity index (χ0v) is 8.91. The summed E-state index contributed by atoms with van der Waals surface area (Å²) in [4.78, 5) is 0. The molecule has 13 heavy (non-hydrogen) atoms. The van der Waals surface area contributed by atoms with Crippen molar-refractivity contribution in [2.75, 3.05) is 41.2 Å². The van der Waals surface area contributed by atoms with Crippen LogP contribution < -0.4 is 0 Å². The lowest BCUT2D eigenvalue weighted by atomic mass is 10.2. The predicted octanol–water partition coefficient (Wildman–Crippen LogP) is 0.699. The van der Waals surface area contributed by atoms with Gasteiger partial charge in [-0.25, -0.2) is 0 Å². The Kier molecular flexibility index (Phi) is 8.33. The van der Waals surface area contributed by atoms with Gasteiger partial charge in [-0.2, -0.15) is 0 Å². The summed E-state index contributed by atoms with van der Waals surface area (Å²) >= 11 is 0. The summed E-state index contributed by atoms with van der Waals surface area (Å²) in [5.74, 6) is 0. The van der Waals surface area contributed by atoms with Crippen molar-refractivity contribution in [3.05, 3.63) is 0 Å². The summed E-state index contributed by atoms with van der Waals surface area (Å²) in [6.45, 7) is 3.70. The van der Waals surface area contributed by atoms with Crippen LogP contribution in [0.2, 0.25) is 0 Å². The Bertz CT molecular complexity index is 108. The summed E-state index contributed by atoms with van der Waals surface area (Å²) in [5, 5.41) is 0. The van der Waals surface area contributed by atoms with Gasteiger partial charge in [0.1, 0.15) is 6.10 Å². The van der Waals surface area contributed by atoms with Crippen LogP contribution in [0.3, 0.4) is 0 Å². The van der Waals surface area contributed by atoms with Gasteiger partial charge in [-0.1, -0.05) is 0 Å². The first-order valence-electron chi connectivity index (χ1n) is 4.38. The second-order valence-electron chi connectivity index (χ2n) is 2.80. The first-order valence-corrected chi connectivity index (χ1v) is 4.38. The van der Waals surface area contributed by atoms with Crippen LogP contribution in [0, 0.1) is 0 Å². The van der Waals surface area contributed by atoms with Crippen LogP contribution in [0.25, 0.3) is 0 Å². The first kappa shape index (κ1) is 12.8. The molecule has 80 valence electrons. The number of hydrogen-bond acceptors (Lipinski definition) is 4. The van der Waals surface area contributed by atoms with E-state index in [9.17, 15) is 0 Å². The molecular weight excluding hydrogens is 172 g/mol. The van der Waals surface area contributed by atoms with Crippen molar-refractivity contribution >= 4 is 0 Å². The van der Waals surface area contributed by atoms with Gasteiger partial charge < -0.3 is 18.9 Å². The van der Waals surface area contributed by atoms with E-state index in [1.54, 1.807) is 21.3 Å². The third kappa shape index (κ3) is 5.99. The molecule has 4 heteroatoms. The maximum atomic E-state index is 5.46. The van der Waals surface area contributed by atoms with Crippen LogP contribution in [0.4, 0.5) is 0 Å². The summed E-state index contributed by atoms with van der Waals surface area (Å²) < 4.78 is 20.5. The molecule has 0 radical (unpaired) electrons. The van der Waals surface area contributed by atoms with Gasteiger partial charge in [-0.15, -0.1) is 0 Å². The summed E-state index contributed by atoms with van der Waals surface area (Å²) in [6.07, 6.45) is 0.0157. The van der Waals surface area contributed by atoms with Crippen molar-refractivity contribution in [1.29, 1.82) is 0 Å². The minimum absolute atomic E-state index is 0.0122. The van der Waals surface area contributed by atoms with Crippen molar-refractivity contribution in [2.45, 2.75) is 19.1 Å². The quantitative estimate of drug-likeness (QED) is 0.530. The van der Waals surface area contributed by atoms with Crippen molar-refractivity contribution in [3.8, 4) is 0 Å². The Balaban J connectivity index is 3.57. The number of methoxy groups -OCH3 is 3. The fourth-order valence-electron chi connectivity index (χ4n) is 0.984. The average molecular weight is 192 g/mol. The second kappa shape index (κ2) is 8.44. The molecule has 0 rings (SSSR count). The lowest BCUT2D eigenvalue weighted by Crippen LogP contribution is -2.33. The van der Waals surface area contributed by atoms with Gasteiger partial charge in [-0.3, -0.25) is 0 Å². The molecule has 4 nitrogen and oxygen atoms in total. The molecule has 0 bridgehead atoms. The first-order chi connectivity index (χ1) is 6.26. The maximum absolute atomic E-state index is 5.46. The van der Waals surface area contributed by atoms with Crippen molar-refractivity contribution in [1.82, 2.24) is 0 Å². The van der Waals surface area contributed by atoms with Gasteiger partial charge in [0, 0.05) is 21.3 Å². The van der Waals surface area contributed by atoms with E-state index in [-0.39, 0.29) is 12.2 Å². The molecule has 0 heterocycles. The van der Waals surface area contributed by atoms with Crippen LogP contribution in [0.5, 0.6) is 0 Å². The minimum Gasteiger partial charge on any atom is -0.382 e. The highest BCUT2D eigenvalue weighted by Crippen LogP contribution is 2.03. The highest BCUT2D eigenvalue weighted by Gasteiger charge is 2.16. The largest absolute Gasteiger partial charge is 0.382 e. The summed E-state index contributed by atoms with van der Waals surface area (Å²) in [6, 6.07) is 0.